The molecule has 0 bridgehead atoms. The number of carboxylic acids is 1. The molecule has 1 aromatic carbocycles. The van der Waals surface area contributed by atoms with Gasteiger partial charge in [-0.2, -0.15) is 0 Å². The summed E-state index contributed by atoms with van der Waals surface area (Å²) in [5.74, 6) is 0.603. The van der Waals surface area contributed by atoms with E-state index in [-0.39, 0.29) is 0 Å². The zero-order valence-electron chi connectivity index (χ0n) is 11.8. The summed E-state index contributed by atoms with van der Waals surface area (Å²) in [6.45, 7) is 2.93. The van der Waals surface area contributed by atoms with Gasteiger partial charge in [0.1, 0.15) is 17.7 Å². The fourth-order valence-electron chi connectivity index (χ4n) is 2.65. The molecular formula is C14H14Cl2N4O2. The highest BCUT2D eigenvalue weighted by Gasteiger charge is 2.33. The highest BCUT2D eigenvalue weighted by atomic mass is 35.5. The summed E-state index contributed by atoms with van der Waals surface area (Å²) in [6, 6.07) is 4.70. The number of carbonyl (C=O) groups is 1. The minimum Gasteiger partial charge on any atom is -0.480 e. The molecule has 116 valence electrons. The third-order valence-electron chi connectivity index (χ3n) is 3.84. The fourth-order valence-corrected chi connectivity index (χ4v) is 3.03. The van der Waals surface area contributed by atoms with Gasteiger partial charge in [0.15, 0.2) is 0 Å². The number of halogens is 2. The molecule has 1 atom stereocenters. The van der Waals surface area contributed by atoms with Crippen LogP contribution in [0.1, 0.15) is 17.2 Å². The van der Waals surface area contributed by atoms with Crippen LogP contribution in [0.5, 0.6) is 0 Å². The van der Waals surface area contributed by atoms with Crippen LogP contribution in [0.3, 0.4) is 0 Å². The van der Waals surface area contributed by atoms with Crippen molar-refractivity contribution in [1.29, 1.82) is 0 Å². The number of hydrogen-bond acceptors (Lipinski definition) is 4. The second-order valence-electron chi connectivity index (χ2n) is 5.25. The van der Waals surface area contributed by atoms with Gasteiger partial charge in [-0.15, -0.1) is 10.2 Å². The number of aryl methyl sites for hydroxylation is 1. The Morgan fingerprint density at radius 3 is 2.91 bits per heavy atom. The maximum atomic E-state index is 11.6. The molecule has 3 rings (SSSR count). The largest absolute Gasteiger partial charge is 0.480 e. The molecule has 2 aromatic rings. The Kier molecular flexibility index (Phi) is 4.08. The summed E-state index contributed by atoms with van der Waals surface area (Å²) in [6.07, 6.45) is 0. The third-order valence-corrected chi connectivity index (χ3v) is 4.70. The molecule has 22 heavy (non-hydrogen) atoms. The van der Waals surface area contributed by atoms with Crippen molar-refractivity contribution in [3.63, 3.8) is 0 Å². The molecule has 1 aromatic heterocycles. The predicted octanol–water partition coefficient (Wildman–Crippen LogP) is 2.36. The first-order valence-corrected chi connectivity index (χ1v) is 7.51. The van der Waals surface area contributed by atoms with Crippen LogP contribution in [-0.4, -0.2) is 36.8 Å². The Hall–Kier alpha value is -1.63. The monoisotopic (exact) mass is 340 g/mol. The summed E-state index contributed by atoms with van der Waals surface area (Å²) < 4.78 is 1.84. The van der Waals surface area contributed by atoms with Crippen LogP contribution in [0.4, 0.5) is 0 Å². The van der Waals surface area contributed by atoms with Gasteiger partial charge in [-0.3, -0.25) is 9.69 Å². The summed E-state index contributed by atoms with van der Waals surface area (Å²) in [5.41, 5.74) is 0.796. The van der Waals surface area contributed by atoms with Crippen molar-refractivity contribution >= 4 is 29.2 Å². The zero-order valence-corrected chi connectivity index (χ0v) is 13.3. The van der Waals surface area contributed by atoms with Gasteiger partial charge < -0.3 is 9.67 Å². The van der Waals surface area contributed by atoms with E-state index in [2.05, 4.69) is 10.2 Å². The first kappa shape index (κ1) is 15.3. The first-order chi connectivity index (χ1) is 10.5. The van der Waals surface area contributed by atoms with Crippen LogP contribution < -0.4 is 0 Å². The predicted molar refractivity (Wildman–Crippen MR) is 81.9 cm³/mol. The summed E-state index contributed by atoms with van der Waals surface area (Å²) in [5, 5.41) is 18.5. The number of aromatic nitrogens is 3. The van der Waals surface area contributed by atoms with E-state index in [1.807, 2.05) is 22.5 Å². The van der Waals surface area contributed by atoms with E-state index in [1.165, 1.54) is 0 Å². The zero-order chi connectivity index (χ0) is 15.9. The van der Waals surface area contributed by atoms with E-state index in [0.29, 0.717) is 29.7 Å². The second kappa shape index (κ2) is 5.87. The highest BCUT2D eigenvalue weighted by Crippen LogP contribution is 2.28. The lowest BCUT2D eigenvalue weighted by Gasteiger charge is -2.33. The van der Waals surface area contributed by atoms with E-state index < -0.39 is 12.0 Å². The Labute approximate surface area is 137 Å². The van der Waals surface area contributed by atoms with Crippen molar-refractivity contribution in [2.24, 2.45) is 0 Å². The second-order valence-corrected chi connectivity index (χ2v) is 6.03. The van der Waals surface area contributed by atoms with E-state index in [1.54, 1.807) is 12.1 Å². The standard InChI is InChI=1S/C14H14Cl2N4O2/c1-8-17-18-12-7-19(11(14(21)22)6-20(8)12)5-9-3-2-4-10(15)13(9)16/h2-4,11H,5-7H2,1H3,(H,21,22). The van der Waals surface area contributed by atoms with Crippen LogP contribution in [0.2, 0.25) is 10.0 Å². The molecule has 1 N–H and O–H groups in total. The number of hydrogen-bond donors (Lipinski definition) is 1. The number of carboxylic acid groups (broad SMARTS) is 1. The topological polar surface area (TPSA) is 71.2 Å². The molecule has 0 radical (unpaired) electrons. The molecule has 0 amide bonds. The minimum atomic E-state index is -0.878. The van der Waals surface area contributed by atoms with Gasteiger partial charge >= 0.3 is 5.97 Å². The smallest absolute Gasteiger partial charge is 0.322 e. The molecule has 6 nitrogen and oxygen atoms in total. The van der Waals surface area contributed by atoms with Gasteiger partial charge in [0.25, 0.3) is 0 Å². The minimum absolute atomic E-state index is 0.321. The van der Waals surface area contributed by atoms with Crippen molar-refractivity contribution in [2.75, 3.05) is 0 Å². The Morgan fingerprint density at radius 2 is 2.18 bits per heavy atom. The average Bonchev–Trinajstić information content (AvgIpc) is 2.84. The van der Waals surface area contributed by atoms with Crippen molar-refractivity contribution in [1.82, 2.24) is 19.7 Å². The van der Waals surface area contributed by atoms with Gasteiger partial charge in [-0.1, -0.05) is 35.3 Å². The number of rotatable bonds is 3. The summed E-state index contributed by atoms with van der Waals surface area (Å²) in [7, 11) is 0. The Balaban J connectivity index is 1.91. The van der Waals surface area contributed by atoms with Crippen molar-refractivity contribution < 1.29 is 9.90 Å². The maximum absolute atomic E-state index is 11.6. The highest BCUT2D eigenvalue weighted by molar-refractivity contribution is 6.42. The quantitative estimate of drug-likeness (QED) is 0.928. The molecule has 0 saturated carbocycles. The van der Waals surface area contributed by atoms with Crippen LogP contribution in [0, 0.1) is 6.92 Å². The third kappa shape index (κ3) is 2.69. The van der Waals surface area contributed by atoms with Gasteiger partial charge in [0, 0.05) is 6.54 Å². The fraction of sp³-hybridized carbons (Fsp3) is 0.357. The van der Waals surface area contributed by atoms with E-state index in [9.17, 15) is 9.90 Å². The maximum Gasteiger partial charge on any atom is 0.322 e. The van der Waals surface area contributed by atoms with Crippen LogP contribution >= 0.6 is 23.2 Å². The van der Waals surface area contributed by atoms with Crippen LogP contribution in [-0.2, 0) is 24.4 Å². The summed E-state index contributed by atoms with van der Waals surface area (Å²) >= 11 is 12.2. The lowest BCUT2D eigenvalue weighted by molar-refractivity contribution is -0.145. The van der Waals surface area contributed by atoms with E-state index in [4.69, 9.17) is 23.2 Å². The van der Waals surface area contributed by atoms with E-state index >= 15 is 0 Å². The Bertz CT molecular complexity index is 732. The lowest BCUT2D eigenvalue weighted by atomic mass is 10.1. The molecule has 2 heterocycles. The van der Waals surface area contributed by atoms with Gasteiger partial charge in [-0.05, 0) is 18.6 Å². The molecule has 8 heteroatoms. The van der Waals surface area contributed by atoms with Gasteiger partial charge in [0.05, 0.1) is 23.1 Å². The van der Waals surface area contributed by atoms with Crippen molar-refractivity contribution in [3.05, 3.63) is 45.5 Å². The van der Waals surface area contributed by atoms with Gasteiger partial charge in [0.2, 0.25) is 0 Å². The lowest BCUT2D eigenvalue weighted by Crippen LogP contribution is -2.47. The Morgan fingerprint density at radius 1 is 1.41 bits per heavy atom. The first-order valence-electron chi connectivity index (χ1n) is 6.76. The number of aliphatic carboxylic acids is 1. The number of nitrogens with zero attached hydrogens (tertiary/aromatic N) is 4. The number of fused-ring (bicyclic) bond motifs is 1. The molecule has 1 aliphatic heterocycles. The van der Waals surface area contributed by atoms with E-state index in [0.717, 1.165) is 17.2 Å². The summed E-state index contributed by atoms with van der Waals surface area (Å²) in [4.78, 5) is 13.4. The SMILES string of the molecule is Cc1nnc2n1CC(C(=O)O)N(Cc1cccc(Cl)c1Cl)C2. The molecule has 1 aliphatic rings. The van der Waals surface area contributed by atoms with Crippen molar-refractivity contribution in [3.8, 4) is 0 Å². The van der Waals surface area contributed by atoms with Crippen LogP contribution in [0.15, 0.2) is 18.2 Å². The number of benzene rings is 1. The van der Waals surface area contributed by atoms with Gasteiger partial charge in [-0.25, -0.2) is 0 Å². The molecular weight excluding hydrogens is 327 g/mol. The molecule has 0 fully saturated rings. The molecule has 1 unspecified atom stereocenters. The van der Waals surface area contributed by atoms with Crippen LogP contribution in [0.25, 0.3) is 0 Å². The average molecular weight is 341 g/mol. The molecule has 0 saturated heterocycles. The molecule has 0 aliphatic carbocycles. The van der Waals surface area contributed by atoms with Crippen molar-refractivity contribution in [2.45, 2.75) is 32.6 Å². The molecule has 0 spiro atoms. The normalized spacial score (nSPS) is 18.2.